The van der Waals surface area contributed by atoms with Crippen LogP contribution in [0.4, 0.5) is 5.69 Å². The van der Waals surface area contributed by atoms with Crippen molar-refractivity contribution < 1.29 is 78.7 Å². The maximum absolute atomic E-state index is 14.0. The molecule has 4 aromatic carbocycles. The van der Waals surface area contributed by atoms with E-state index in [9.17, 15) is 53.3 Å². The van der Waals surface area contributed by atoms with E-state index in [1.54, 1.807) is 12.1 Å². The number of halogens is 2. The van der Waals surface area contributed by atoms with Gasteiger partial charge >= 0.3 is 180 Å². The Morgan fingerprint density at radius 2 is 1.63 bits per heavy atom. The maximum atomic E-state index is 14.0. The van der Waals surface area contributed by atoms with E-state index in [-0.39, 0.29) is 71.6 Å². The first-order valence-electron chi connectivity index (χ1n) is 26.6. The van der Waals surface area contributed by atoms with Gasteiger partial charge in [0.25, 0.3) is 11.8 Å². The average molecular weight is 1240 g/mol. The molecular weight excluding hydrogens is 1180 g/mol. The number of benzene rings is 4. The zero-order valence-corrected chi connectivity index (χ0v) is 48.1. The Bertz CT molecular complexity index is 3930. The molecule has 0 saturated carbocycles. The van der Waals surface area contributed by atoms with Crippen molar-refractivity contribution in [2.24, 2.45) is 0 Å². The quantitative estimate of drug-likeness (QED) is 0.0228. The molecule has 1 aromatic heterocycles. The third-order valence-corrected chi connectivity index (χ3v) is 26.2. The summed E-state index contributed by atoms with van der Waals surface area (Å²) in [6.07, 6.45) is 6.13. The van der Waals surface area contributed by atoms with E-state index in [0.717, 1.165) is 104 Å². The van der Waals surface area contributed by atoms with Gasteiger partial charge in [0.05, 0.1) is 26.7 Å². The Balaban J connectivity index is 0.00000786. The predicted octanol–water partition coefficient (Wildman–Crippen LogP) is 5.07. The van der Waals surface area contributed by atoms with Crippen molar-refractivity contribution in [2.75, 3.05) is 44.2 Å². The Labute approximate surface area is 484 Å². The van der Waals surface area contributed by atoms with Gasteiger partial charge in [-0.3, -0.25) is 9.59 Å². The molecule has 7 heterocycles. The monoisotopic (exact) mass is 1240 g/mol. The molecule has 83 heavy (non-hydrogen) atoms. The number of aryl methyl sites for hydroxylation is 2. The molecule has 1 fully saturated rings. The first kappa shape index (κ1) is 58.4. The third kappa shape index (κ3) is 10.5. The van der Waals surface area contributed by atoms with Gasteiger partial charge in [-0.2, -0.15) is 0 Å². The topological polar surface area (TPSA) is 333 Å². The van der Waals surface area contributed by atoms with Gasteiger partial charge in [0, 0.05) is 78.2 Å². The van der Waals surface area contributed by atoms with Crippen molar-refractivity contribution in [1.82, 2.24) is 24.8 Å². The van der Waals surface area contributed by atoms with Crippen LogP contribution in [0, 0.1) is 11.8 Å². The number of anilines is 1. The molecule has 436 valence electrons. The predicted molar refractivity (Wildman–Crippen MR) is 298 cm³/mol. The third-order valence-electron chi connectivity index (χ3n) is 15.8. The summed E-state index contributed by atoms with van der Waals surface area (Å²) >= 11 is 14.4. The molecular formula is C54H54Cl2N6O18P3+. The first-order chi connectivity index (χ1) is 39.9. The average Bonchev–Trinajstić information content (AvgIpc) is 1.25. The molecule has 0 radical (unpaired) electrons. The number of ether oxygens (including phenoxy) is 2. The van der Waals surface area contributed by atoms with Gasteiger partial charge < -0.3 is 25.4 Å². The second-order valence-corrected chi connectivity index (χ2v) is 31.6. The Morgan fingerprint density at radius 3 is 2.35 bits per heavy atom. The number of H-pyrrole nitrogens is 1. The summed E-state index contributed by atoms with van der Waals surface area (Å²) in [5, 5.41) is 39.4. The fourth-order valence-corrected chi connectivity index (χ4v) is 17.1. The van der Waals surface area contributed by atoms with E-state index in [1.165, 1.54) is 46.6 Å². The summed E-state index contributed by atoms with van der Waals surface area (Å²) in [5.74, 6) is 4.39. The largest absolute Gasteiger partial charge is 0.478 e. The van der Waals surface area contributed by atoms with Crippen LogP contribution in [0.15, 0.2) is 58.3 Å². The van der Waals surface area contributed by atoms with Crippen LogP contribution in [-0.2, 0) is 71.4 Å². The van der Waals surface area contributed by atoms with Gasteiger partial charge in [-0.25, -0.2) is 9.37 Å². The van der Waals surface area contributed by atoms with Gasteiger partial charge in [-0.05, 0) is 80.0 Å². The van der Waals surface area contributed by atoms with Crippen LogP contribution in [0.25, 0.3) is 5.57 Å². The summed E-state index contributed by atoms with van der Waals surface area (Å²) in [4.78, 5) is 94.6. The van der Waals surface area contributed by atoms with Crippen LogP contribution in [0.3, 0.4) is 0 Å². The molecule has 2 amide bonds. The smallest absolute Gasteiger partial charge is 0.337 e. The van der Waals surface area contributed by atoms with Crippen LogP contribution in [0.1, 0.15) is 122 Å². The number of carbonyl (C=O) groups excluding carboxylic acids is 2. The molecule has 29 heteroatoms. The number of carboxylic acid groups (broad SMARTS) is 1. The summed E-state index contributed by atoms with van der Waals surface area (Å²) in [6.45, 7) is -3.80. The Kier molecular flexibility index (Phi) is 16.6. The van der Waals surface area contributed by atoms with E-state index in [4.69, 9.17) is 42.5 Å². The zero-order chi connectivity index (χ0) is 58.5. The van der Waals surface area contributed by atoms with Gasteiger partial charge in [-0.15, -0.1) is 0 Å². The summed E-state index contributed by atoms with van der Waals surface area (Å²) in [5.41, 5.74) is 6.18. The number of nitrogens with one attached hydrogen (secondary N) is 3. The van der Waals surface area contributed by atoms with E-state index in [1.807, 2.05) is 0 Å². The van der Waals surface area contributed by atoms with Crippen molar-refractivity contribution in [3.05, 3.63) is 151 Å². The van der Waals surface area contributed by atoms with Crippen molar-refractivity contribution in [2.45, 2.75) is 89.5 Å². The van der Waals surface area contributed by atoms with Crippen LogP contribution < -0.4 is 56.5 Å². The molecule has 24 nitrogen and oxygen atoms in total. The minimum Gasteiger partial charge on any atom is -0.478 e. The number of carboxylic acids is 1. The number of aromatic carboxylic acids is 1. The normalized spacial score (nSPS) is 18.4. The van der Waals surface area contributed by atoms with Crippen LogP contribution in [0.2, 0.25) is 10.0 Å². The summed E-state index contributed by atoms with van der Waals surface area (Å²) in [7, 11) is -8.81. The van der Waals surface area contributed by atoms with Crippen molar-refractivity contribution in [1.29, 1.82) is 0 Å². The first-order valence-corrected chi connectivity index (χ1v) is 33.1. The number of hydrogen-bond donors (Lipinski definition) is 6. The molecule has 4 atom stereocenters. The number of rotatable bonds is 17. The van der Waals surface area contributed by atoms with Crippen LogP contribution >= 0.6 is 45.3 Å². The van der Waals surface area contributed by atoms with Crippen molar-refractivity contribution in [3.63, 3.8) is 0 Å². The molecule has 5 aromatic rings. The van der Waals surface area contributed by atoms with Crippen LogP contribution in [0.5, 0.6) is 11.5 Å². The molecule has 0 bridgehead atoms. The van der Waals surface area contributed by atoms with E-state index < -0.39 is 70.1 Å². The standard InChI is InChI=1S/C54H51Cl2N6O18P3.H2/c55-40-25-39(45(56)44(53(66)67)43(40)42-37-23-31-8-3-19-60-21-5-10-35(46(31)60)48(37)77-49-36-11-6-22-61-20-4-9-32(47(36)61)24-38(42)49)52(65)58-26-29-12-14-30(15-13-29)50(63)57-18-2-1-7-33-27-62(54(68)59-51(33)64)41-17-16-34(76-41)28-75-83(79-70,80-78-69,81(71)72)82(73)74;/h12-15,23-25,27,34,41H,3-11,16-22,26,28H2,(H5-,57,58,59,63,64,65,66,67,68,69,70);1H/p+1/t34-,41+;/m0./s1. The number of carbonyl (C=O) groups is 3. The molecule has 0 aliphatic carbocycles. The number of nitrogens with zero attached hydrogens (tertiary/aromatic N) is 3. The molecule has 2 unspecified atom stereocenters. The minimum atomic E-state index is -6.55. The van der Waals surface area contributed by atoms with E-state index in [2.05, 4.69) is 63.5 Å². The number of aromatic amines is 1. The van der Waals surface area contributed by atoms with E-state index >= 15 is 0 Å². The Morgan fingerprint density at radius 1 is 0.904 bits per heavy atom. The van der Waals surface area contributed by atoms with Gasteiger partial charge in [0.1, 0.15) is 24.6 Å². The molecule has 1 saturated heterocycles. The molecule has 0 spiro atoms. The maximum Gasteiger partial charge on any atom is 0.337 e. The number of aromatic nitrogens is 2. The molecule has 6 aliphatic heterocycles. The second kappa shape index (κ2) is 23.6. The minimum absolute atomic E-state index is 0. The fraction of sp³-hybridized carbons (Fsp3) is 0.370. The molecule has 11 rings (SSSR count). The van der Waals surface area contributed by atoms with E-state index in [0.29, 0.717) is 22.6 Å². The zero-order valence-electron chi connectivity index (χ0n) is 43.9. The molecule has 6 N–H and O–H groups in total. The fourth-order valence-electron chi connectivity index (χ4n) is 12.0. The van der Waals surface area contributed by atoms with Crippen LogP contribution in [-0.4, -0.2) is 88.4 Å². The summed E-state index contributed by atoms with van der Waals surface area (Å²) < 4.78 is 52.7. The Hall–Kier alpha value is -6.35. The number of hydrogen-bond acceptors (Lipinski definition) is 18. The van der Waals surface area contributed by atoms with Gasteiger partial charge in [0.15, 0.2) is 0 Å². The number of fused-ring (bicyclic) bond motifs is 4. The van der Waals surface area contributed by atoms with Gasteiger partial charge in [0.2, 0.25) is 5.36 Å². The van der Waals surface area contributed by atoms with Crippen molar-refractivity contribution in [3.8, 4) is 23.3 Å². The molecule has 6 aliphatic rings. The summed E-state index contributed by atoms with van der Waals surface area (Å²) in [6, 6.07) is 12.0. The number of amides is 2. The SMILES string of the molecule is O=C(NCC#CCc1cn([C@H]2CC[C@@H](COP(OO)(OOO)([P+](=O)[O-])[P+](=O)[O-])O2)c(=O)[nH]c1=O)c1ccc(CNC(=O)c2cc(Cl)c(C3=c4cc5c6c(c4Oc4c3cc3c7c4CCCN7CCC3)CCC[N+]=6CCC5)c(C(=O)O)c2Cl)cc1.[HH]. The van der Waals surface area contributed by atoms with Crippen molar-refractivity contribution >= 4 is 74.3 Å². The second-order valence-electron chi connectivity index (χ2n) is 20.6. The van der Waals surface area contributed by atoms with Gasteiger partial charge in [-0.1, -0.05) is 35.3 Å².